The molecule has 2 aromatic heterocycles. The molecule has 0 spiro atoms. The Morgan fingerprint density at radius 1 is 1.21 bits per heavy atom. The summed E-state index contributed by atoms with van der Waals surface area (Å²) in [6.45, 7) is 1.97. The Morgan fingerprint density at radius 3 is 2.46 bits per heavy atom. The molecule has 1 amide bonds. The van der Waals surface area contributed by atoms with Crippen LogP contribution in [0, 0.1) is 0 Å². The number of hydrogen-bond acceptors (Lipinski definition) is 6. The molecule has 3 N–H and O–H groups in total. The summed E-state index contributed by atoms with van der Waals surface area (Å²) in [6, 6.07) is 9.24. The van der Waals surface area contributed by atoms with E-state index in [0.717, 1.165) is 30.9 Å². The number of carbonyl (C=O) groups is 2. The maximum atomic E-state index is 11.9. The quantitative estimate of drug-likeness (QED) is 0.720. The third-order valence-corrected chi connectivity index (χ3v) is 3.74. The molecule has 1 atom stereocenters. The number of carboxylic acid groups (broad SMARTS) is 1. The van der Waals surface area contributed by atoms with Gasteiger partial charge in [-0.1, -0.05) is 6.07 Å². The standard InChI is InChI=1S/C15H17N5O.C2HF3O2/c21-15(9-12-3-1-2-7-17-12)18-14-5-4-13(19-20-14)11-6-8-16-10-11;3-2(4,5)1(6)7/h1-5,7,11,16H,6,8-10H2,(H,18,20,21);(H,6,7). The second-order valence-corrected chi connectivity index (χ2v) is 5.88. The van der Waals surface area contributed by atoms with E-state index in [0.29, 0.717) is 11.7 Å². The van der Waals surface area contributed by atoms with Gasteiger partial charge in [-0.05, 0) is 37.2 Å². The Bertz CT molecular complexity index is 779. The largest absolute Gasteiger partial charge is 0.490 e. The maximum absolute atomic E-state index is 11.9. The number of anilines is 1. The number of rotatable bonds is 4. The van der Waals surface area contributed by atoms with Crippen molar-refractivity contribution < 1.29 is 27.9 Å². The Labute approximate surface area is 158 Å². The SMILES string of the molecule is O=C(Cc1ccccn1)Nc1ccc(C2CCNC2)nn1.O=C(O)C(F)(F)F. The molecule has 150 valence electrons. The van der Waals surface area contributed by atoms with Crippen LogP contribution in [0.15, 0.2) is 36.5 Å². The van der Waals surface area contributed by atoms with Gasteiger partial charge in [0, 0.05) is 24.4 Å². The number of amides is 1. The van der Waals surface area contributed by atoms with Crippen LogP contribution in [0.4, 0.5) is 19.0 Å². The van der Waals surface area contributed by atoms with Gasteiger partial charge >= 0.3 is 12.1 Å². The smallest absolute Gasteiger partial charge is 0.475 e. The Hall–Kier alpha value is -3.08. The summed E-state index contributed by atoms with van der Waals surface area (Å²) in [5.74, 6) is -1.99. The van der Waals surface area contributed by atoms with Crippen molar-refractivity contribution in [1.29, 1.82) is 0 Å². The fraction of sp³-hybridized carbons (Fsp3) is 0.353. The molecule has 0 radical (unpaired) electrons. The maximum Gasteiger partial charge on any atom is 0.490 e. The molecule has 1 aliphatic rings. The van der Waals surface area contributed by atoms with Crippen LogP contribution in [0.5, 0.6) is 0 Å². The average Bonchev–Trinajstić information content (AvgIpc) is 3.17. The van der Waals surface area contributed by atoms with Gasteiger partial charge in [-0.15, -0.1) is 5.10 Å². The zero-order valence-electron chi connectivity index (χ0n) is 14.6. The molecule has 11 heteroatoms. The Kier molecular flexibility index (Phi) is 7.38. The van der Waals surface area contributed by atoms with Crippen LogP contribution in [0.3, 0.4) is 0 Å². The summed E-state index contributed by atoms with van der Waals surface area (Å²) in [6.07, 6.45) is -2.09. The summed E-state index contributed by atoms with van der Waals surface area (Å²) < 4.78 is 31.7. The van der Waals surface area contributed by atoms with E-state index in [1.54, 1.807) is 12.3 Å². The molecule has 3 rings (SSSR count). The molecule has 2 aromatic rings. The first-order valence-electron chi connectivity index (χ1n) is 8.30. The topological polar surface area (TPSA) is 117 Å². The molecule has 0 aliphatic carbocycles. The van der Waals surface area contributed by atoms with Gasteiger partial charge in [-0.25, -0.2) is 4.79 Å². The molecule has 28 heavy (non-hydrogen) atoms. The van der Waals surface area contributed by atoms with Crippen LogP contribution < -0.4 is 10.6 Å². The fourth-order valence-electron chi connectivity index (χ4n) is 2.39. The molecular weight excluding hydrogens is 379 g/mol. The normalized spacial score (nSPS) is 16.0. The average molecular weight is 397 g/mol. The fourth-order valence-corrected chi connectivity index (χ4v) is 2.39. The molecule has 0 aromatic carbocycles. The number of aromatic nitrogens is 3. The minimum Gasteiger partial charge on any atom is -0.475 e. The number of pyridine rings is 1. The number of alkyl halides is 3. The van der Waals surface area contributed by atoms with Gasteiger partial charge in [0.2, 0.25) is 5.91 Å². The number of nitrogens with one attached hydrogen (secondary N) is 2. The molecule has 1 aliphatic heterocycles. The van der Waals surface area contributed by atoms with Crippen molar-refractivity contribution >= 4 is 17.7 Å². The minimum absolute atomic E-state index is 0.140. The van der Waals surface area contributed by atoms with E-state index >= 15 is 0 Å². The van der Waals surface area contributed by atoms with Crippen LogP contribution in [0.2, 0.25) is 0 Å². The molecule has 0 bridgehead atoms. The summed E-state index contributed by atoms with van der Waals surface area (Å²) in [7, 11) is 0. The molecule has 1 saturated heterocycles. The van der Waals surface area contributed by atoms with Crippen LogP contribution in [0.25, 0.3) is 0 Å². The predicted molar refractivity (Wildman–Crippen MR) is 92.5 cm³/mol. The van der Waals surface area contributed by atoms with Gasteiger partial charge in [0.15, 0.2) is 5.82 Å². The van der Waals surface area contributed by atoms with Gasteiger partial charge in [0.25, 0.3) is 0 Å². The van der Waals surface area contributed by atoms with Crippen molar-refractivity contribution in [2.45, 2.75) is 24.9 Å². The first kappa shape index (κ1) is 21.2. The molecule has 8 nitrogen and oxygen atoms in total. The zero-order valence-corrected chi connectivity index (χ0v) is 14.6. The van der Waals surface area contributed by atoms with Crippen LogP contribution >= 0.6 is 0 Å². The van der Waals surface area contributed by atoms with Gasteiger partial charge in [-0.2, -0.15) is 18.3 Å². The molecular formula is C17H18F3N5O3. The monoisotopic (exact) mass is 397 g/mol. The molecule has 1 unspecified atom stereocenters. The molecule has 3 heterocycles. The third kappa shape index (κ3) is 6.91. The van der Waals surface area contributed by atoms with Crippen molar-refractivity contribution in [3.63, 3.8) is 0 Å². The van der Waals surface area contributed by atoms with Gasteiger partial charge in [0.05, 0.1) is 12.1 Å². The first-order chi connectivity index (χ1) is 13.3. The number of halogens is 3. The highest BCUT2D eigenvalue weighted by Gasteiger charge is 2.38. The second-order valence-electron chi connectivity index (χ2n) is 5.88. The number of aliphatic carboxylic acids is 1. The second kappa shape index (κ2) is 9.74. The summed E-state index contributed by atoms with van der Waals surface area (Å²) >= 11 is 0. The van der Waals surface area contributed by atoms with E-state index in [2.05, 4.69) is 25.8 Å². The van der Waals surface area contributed by atoms with Crippen molar-refractivity contribution in [2.24, 2.45) is 0 Å². The van der Waals surface area contributed by atoms with Crippen LogP contribution in [0.1, 0.15) is 23.7 Å². The lowest BCUT2D eigenvalue weighted by Crippen LogP contribution is -2.21. The first-order valence-corrected chi connectivity index (χ1v) is 8.30. The third-order valence-electron chi connectivity index (χ3n) is 3.74. The minimum atomic E-state index is -5.08. The van der Waals surface area contributed by atoms with E-state index < -0.39 is 12.1 Å². The van der Waals surface area contributed by atoms with E-state index in [1.807, 2.05) is 24.3 Å². The lowest BCUT2D eigenvalue weighted by Gasteiger charge is -2.08. The van der Waals surface area contributed by atoms with Crippen LogP contribution in [-0.2, 0) is 16.0 Å². The predicted octanol–water partition coefficient (Wildman–Crippen LogP) is 1.76. The van der Waals surface area contributed by atoms with Gasteiger partial charge < -0.3 is 15.7 Å². The van der Waals surface area contributed by atoms with Crippen molar-refractivity contribution in [3.8, 4) is 0 Å². The number of hydrogen-bond donors (Lipinski definition) is 3. The number of carbonyl (C=O) groups excluding carboxylic acids is 1. The van der Waals surface area contributed by atoms with Crippen LogP contribution in [-0.4, -0.2) is 51.4 Å². The van der Waals surface area contributed by atoms with Gasteiger partial charge in [-0.3, -0.25) is 9.78 Å². The van der Waals surface area contributed by atoms with E-state index in [4.69, 9.17) is 9.90 Å². The highest BCUT2D eigenvalue weighted by atomic mass is 19.4. The lowest BCUT2D eigenvalue weighted by molar-refractivity contribution is -0.192. The van der Waals surface area contributed by atoms with Gasteiger partial charge in [0.1, 0.15) is 0 Å². The summed E-state index contributed by atoms with van der Waals surface area (Å²) in [5.41, 5.74) is 1.71. The number of nitrogens with zero attached hydrogens (tertiary/aromatic N) is 3. The summed E-state index contributed by atoms with van der Waals surface area (Å²) in [5, 5.41) is 21.4. The highest BCUT2D eigenvalue weighted by molar-refractivity contribution is 5.91. The van der Waals surface area contributed by atoms with E-state index in [1.165, 1.54) is 0 Å². The molecule has 1 fully saturated rings. The summed E-state index contributed by atoms with van der Waals surface area (Å²) in [4.78, 5) is 24.9. The lowest BCUT2D eigenvalue weighted by atomic mass is 10.1. The number of carboxylic acids is 1. The Balaban J connectivity index is 0.000000345. The van der Waals surface area contributed by atoms with E-state index in [9.17, 15) is 18.0 Å². The zero-order chi connectivity index (χ0) is 20.6. The highest BCUT2D eigenvalue weighted by Crippen LogP contribution is 2.20. The van der Waals surface area contributed by atoms with Crippen molar-refractivity contribution in [2.75, 3.05) is 18.4 Å². The van der Waals surface area contributed by atoms with E-state index in [-0.39, 0.29) is 12.3 Å². The Morgan fingerprint density at radius 2 is 1.96 bits per heavy atom. The molecule has 0 saturated carbocycles. The van der Waals surface area contributed by atoms with Crippen molar-refractivity contribution in [3.05, 3.63) is 47.9 Å². The van der Waals surface area contributed by atoms with Crippen molar-refractivity contribution in [1.82, 2.24) is 20.5 Å².